The van der Waals surface area contributed by atoms with Crippen LogP contribution in [0.3, 0.4) is 0 Å². The fourth-order valence-corrected chi connectivity index (χ4v) is 4.09. The largest absolute Gasteiger partial charge is 0.466 e. The number of anilines is 1. The molecule has 11 heteroatoms. The standard InChI is InChI=1S/C22H20Cl2F3N3O3/c23-13-5-7-14(8-6-13)28-20(31)29-16-9-10-18(24)30-19(16)33-17-4-2-1-3-15(17)21(11-12-32-21)22(25,26)27/h1-8,16,19H,9-12H2,(H2,28,29,31). The predicted molar refractivity (Wildman–Crippen MR) is 119 cm³/mol. The smallest absolute Gasteiger partial charge is 0.421 e. The summed E-state index contributed by atoms with van der Waals surface area (Å²) in [4.78, 5) is 16.7. The first kappa shape index (κ1) is 23.7. The molecule has 6 nitrogen and oxygen atoms in total. The maximum absolute atomic E-state index is 13.8. The zero-order valence-corrected chi connectivity index (χ0v) is 18.7. The number of urea groups is 1. The average molecular weight is 502 g/mol. The number of nitrogens with zero attached hydrogens (tertiary/aromatic N) is 1. The monoisotopic (exact) mass is 501 g/mol. The third kappa shape index (κ3) is 5.05. The highest BCUT2D eigenvalue weighted by Gasteiger charge is 2.62. The van der Waals surface area contributed by atoms with Crippen LogP contribution in [0.4, 0.5) is 23.7 Å². The first-order chi connectivity index (χ1) is 15.7. The molecule has 2 amide bonds. The first-order valence-electron chi connectivity index (χ1n) is 10.2. The number of carbonyl (C=O) groups excluding carboxylic acids is 1. The van der Waals surface area contributed by atoms with Crippen LogP contribution in [0.5, 0.6) is 5.75 Å². The maximum Gasteiger partial charge on any atom is 0.421 e. The lowest BCUT2D eigenvalue weighted by Crippen LogP contribution is -2.53. The van der Waals surface area contributed by atoms with Gasteiger partial charge in [-0.05, 0) is 36.8 Å². The molecule has 2 heterocycles. The molecule has 2 N–H and O–H groups in total. The number of hydrogen-bond donors (Lipinski definition) is 2. The molecule has 0 spiro atoms. The van der Waals surface area contributed by atoms with E-state index in [1.807, 2.05) is 0 Å². The van der Waals surface area contributed by atoms with Crippen LogP contribution >= 0.6 is 23.2 Å². The van der Waals surface area contributed by atoms with Gasteiger partial charge in [0, 0.05) is 29.1 Å². The number of carbonyl (C=O) groups is 1. The molecule has 33 heavy (non-hydrogen) atoms. The molecular weight excluding hydrogens is 482 g/mol. The summed E-state index contributed by atoms with van der Waals surface area (Å²) in [5.74, 6) is -0.0282. The normalized spacial score (nSPS) is 24.9. The van der Waals surface area contributed by atoms with Crippen molar-refractivity contribution in [3.8, 4) is 5.75 Å². The Labute approximate surface area is 198 Å². The van der Waals surface area contributed by atoms with Crippen molar-refractivity contribution < 1.29 is 27.4 Å². The first-order valence-corrected chi connectivity index (χ1v) is 11.0. The van der Waals surface area contributed by atoms with Crippen molar-refractivity contribution in [2.24, 2.45) is 4.99 Å². The number of amides is 2. The summed E-state index contributed by atoms with van der Waals surface area (Å²) < 4.78 is 52.5. The fourth-order valence-electron chi connectivity index (χ4n) is 3.76. The third-order valence-electron chi connectivity index (χ3n) is 5.52. The van der Waals surface area contributed by atoms with Crippen LogP contribution in [0.1, 0.15) is 24.8 Å². The van der Waals surface area contributed by atoms with E-state index in [-0.39, 0.29) is 29.5 Å². The second-order valence-electron chi connectivity index (χ2n) is 7.68. The Hall–Kier alpha value is -2.49. The van der Waals surface area contributed by atoms with Crippen molar-refractivity contribution in [1.29, 1.82) is 0 Å². The predicted octanol–water partition coefficient (Wildman–Crippen LogP) is 5.84. The van der Waals surface area contributed by atoms with Crippen molar-refractivity contribution in [2.75, 3.05) is 11.9 Å². The minimum atomic E-state index is -4.62. The summed E-state index contributed by atoms with van der Waals surface area (Å²) in [5.41, 5.74) is -2.04. The molecule has 2 aromatic carbocycles. The van der Waals surface area contributed by atoms with Gasteiger partial charge >= 0.3 is 12.2 Å². The molecule has 1 fully saturated rings. The molecule has 3 unspecified atom stereocenters. The van der Waals surface area contributed by atoms with E-state index in [4.69, 9.17) is 32.7 Å². The van der Waals surface area contributed by atoms with Gasteiger partial charge in [-0.1, -0.05) is 41.4 Å². The van der Waals surface area contributed by atoms with Crippen LogP contribution in [0.2, 0.25) is 5.02 Å². The van der Waals surface area contributed by atoms with Crippen LogP contribution < -0.4 is 15.4 Å². The molecule has 4 rings (SSSR count). The van der Waals surface area contributed by atoms with Crippen LogP contribution in [-0.2, 0) is 10.3 Å². The number of nitrogens with one attached hydrogen (secondary N) is 2. The lowest BCUT2D eigenvalue weighted by Gasteiger charge is -2.44. The summed E-state index contributed by atoms with van der Waals surface area (Å²) in [6.45, 7) is -0.00367. The van der Waals surface area contributed by atoms with Gasteiger partial charge < -0.3 is 20.1 Å². The van der Waals surface area contributed by atoms with Gasteiger partial charge in [-0.15, -0.1) is 0 Å². The van der Waals surface area contributed by atoms with Crippen molar-refractivity contribution in [2.45, 2.75) is 43.3 Å². The molecule has 0 aromatic heterocycles. The molecule has 2 aliphatic rings. The number of benzene rings is 2. The quantitative estimate of drug-likeness (QED) is 0.540. The lowest BCUT2D eigenvalue weighted by atomic mass is 9.85. The Morgan fingerprint density at radius 3 is 2.48 bits per heavy atom. The minimum Gasteiger partial charge on any atom is -0.466 e. The molecule has 0 aliphatic carbocycles. The van der Waals surface area contributed by atoms with Crippen molar-refractivity contribution in [3.63, 3.8) is 0 Å². The molecule has 176 valence electrons. The van der Waals surface area contributed by atoms with E-state index in [1.165, 1.54) is 18.2 Å². The van der Waals surface area contributed by atoms with E-state index in [1.54, 1.807) is 30.3 Å². The SMILES string of the molecule is O=C(Nc1ccc(Cl)cc1)NC1CCC(Cl)=NC1Oc1ccccc1C1(C(F)(F)F)CCO1. The van der Waals surface area contributed by atoms with E-state index < -0.39 is 30.1 Å². The molecule has 1 saturated heterocycles. The molecule has 0 bridgehead atoms. The highest BCUT2D eigenvalue weighted by atomic mass is 35.5. The highest BCUT2D eigenvalue weighted by Crippen LogP contribution is 2.52. The van der Waals surface area contributed by atoms with Gasteiger partial charge in [0.05, 0.1) is 12.6 Å². The van der Waals surface area contributed by atoms with Crippen LogP contribution in [0, 0.1) is 0 Å². The zero-order valence-electron chi connectivity index (χ0n) is 17.2. The van der Waals surface area contributed by atoms with Gasteiger partial charge in [-0.3, -0.25) is 0 Å². The van der Waals surface area contributed by atoms with Gasteiger partial charge in [0.25, 0.3) is 0 Å². The number of alkyl halides is 3. The van der Waals surface area contributed by atoms with Gasteiger partial charge in [0.15, 0.2) is 5.60 Å². The number of halogens is 5. The van der Waals surface area contributed by atoms with Gasteiger partial charge in [-0.2, -0.15) is 13.2 Å². The minimum absolute atomic E-state index is 0.00367. The lowest BCUT2D eigenvalue weighted by molar-refractivity contribution is -0.334. The van der Waals surface area contributed by atoms with E-state index in [9.17, 15) is 18.0 Å². The summed E-state index contributed by atoms with van der Waals surface area (Å²) in [5, 5.41) is 6.22. The summed E-state index contributed by atoms with van der Waals surface area (Å²) in [7, 11) is 0. The number of ether oxygens (including phenoxy) is 2. The number of aliphatic imine (C=N–C) groups is 1. The van der Waals surface area contributed by atoms with Crippen molar-refractivity contribution in [1.82, 2.24) is 5.32 Å². The van der Waals surface area contributed by atoms with E-state index in [0.29, 0.717) is 23.6 Å². The Balaban J connectivity index is 1.53. The van der Waals surface area contributed by atoms with Gasteiger partial charge in [0.2, 0.25) is 6.23 Å². The Kier molecular flexibility index (Phi) is 6.74. The van der Waals surface area contributed by atoms with Crippen molar-refractivity contribution in [3.05, 3.63) is 59.1 Å². The second kappa shape index (κ2) is 9.40. The summed E-state index contributed by atoms with van der Waals surface area (Å²) >= 11 is 11.9. The van der Waals surface area contributed by atoms with Crippen LogP contribution in [-0.4, -0.2) is 36.3 Å². The van der Waals surface area contributed by atoms with E-state index in [2.05, 4.69) is 15.6 Å². The van der Waals surface area contributed by atoms with Gasteiger partial charge in [0.1, 0.15) is 10.9 Å². The zero-order chi connectivity index (χ0) is 23.6. The molecule has 2 aliphatic heterocycles. The fraction of sp³-hybridized carbons (Fsp3) is 0.364. The topological polar surface area (TPSA) is 72.0 Å². The molecular formula is C22H20Cl2F3N3O3. The third-order valence-corrected chi connectivity index (χ3v) is 6.06. The Bertz CT molecular complexity index is 1040. The van der Waals surface area contributed by atoms with Crippen molar-refractivity contribution >= 4 is 40.1 Å². The second-order valence-corrected chi connectivity index (χ2v) is 8.56. The summed E-state index contributed by atoms with van der Waals surface area (Å²) in [6.07, 6.45) is -5.06. The van der Waals surface area contributed by atoms with E-state index in [0.717, 1.165) is 0 Å². The number of rotatable bonds is 5. The molecule has 0 radical (unpaired) electrons. The van der Waals surface area contributed by atoms with Crippen LogP contribution in [0.25, 0.3) is 0 Å². The van der Waals surface area contributed by atoms with Gasteiger partial charge in [-0.25, -0.2) is 9.79 Å². The summed E-state index contributed by atoms with van der Waals surface area (Å²) in [6, 6.07) is 11.2. The Morgan fingerprint density at radius 2 is 1.85 bits per heavy atom. The number of hydrogen-bond acceptors (Lipinski definition) is 4. The average Bonchev–Trinajstić information content (AvgIpc) is 2.71. The van der Waals surface area contributed by atoms with E-state index >= 15 is 0 Å². The molecule has 3 atom stereocenters. The highest BCUT2D eigenvalue weighted by molar-refractivity contribution is 6.65. The molecule has 0 saturated carbocycles. The Morgan fingerprint density at radius 1 is 1.15 bits per heavy atom. The maximum atomic E-state index is 13.8. The van der Waals surface area contributed by atoms with Crippen LogP contribution in [0.15, 0.2) is 53.5 Å². The molecule has 2 aromatic rings. The number of para-hydroxylation sites is 1.